The summed E-state index contributed by atoms with van der Waals surface area (Å²) in [4.78, 5) is 27.2. The van der Waals surface area contributed by atoms with Gasteiger partial charge < -0.3 is 10.2 Å². The first-order valence-corrected chi connectivity index (χ1v) is 7.66. The molecule has 2 rings (SSSR count). The molecule has 5 nitrogen and oxygen atoms in total. The number of nitrogens with zero attached hydrogens (tertiary/aromatic N) is 2. The molecule has 1 saturated heterocycles. The molecule has 1 unspecified atom stereocenters. The lowest BCUT2D eigenvalue weighted by molar-refractivity contribution is -0.137. The van der Waals surface area contributed by atoms with Crippen molar-refractivity contribution in [3.05, 3.63) is 29.8 Å². The van der Waals surface area contributed by atoms with Crippen molar-refractivity contribution in [3.8, 4) is 0 Å². The molecule has 1 heterocycles. The van der Waals surface area contributed by atoms with Crippen LogP contribution in [0.3, 0.4) is 0 Å². The molecule has 1 N–H and O–H groups in total. The highest BCUT2D eigenvalue weighted by molar-refractivity contribution is 5.94. The molecule has 24 heavy (non-hydrogen) atoms. The first-order chi connectivity index (χ1) is 11.2. The fraction of sp³-hybridized carbons (Fsp3) is 0.500. The van der Waals surface area contributed by atoms with Gasteiger partial charge in [0.05, 0.1) is 11.6 Å². The van der Waals surface area contributed by atoms with E-state index in [1.807, 2.05) is 4.90 Å². The van der Waals surface area contributed by atoms with E-state index in [0.717, 1.165) is 12.1 Å². The quantitative estimate of drug-likeness (QED) is 0.915. The second-order valence-electron chi connectivity index (χ2n) is 5.78. The maximum absolute atomic E-state index is 12.5. The van der Waals surface area contributed by atoms with Crippen molar-refractivity contribution < 1.29 is 22.8 Å². The van der Waals surface area contributed by atoms with Crippen molar-refractivity contribution in [2.24, 2.45) is 0 Å². The lowest BCUT2D eigenvalue weighted by Crippen LogP contribution is -2.53. The second-order valence-corrected chi connectivity index (χ2v) is 5.78. The van der Waals surface area contributed by atoms with Crippen molar-refractivity contribution in [2.75, 3.05) is 31.5 Å². The van der Waals surface area contributed by atoms with Gasteiger partial charge in [-0.15, -0.1) is 0 Å². The zero-order chi connectivity index (χ0) is 17.9. The Bertz CT molecular complexity index is 594. The van der Waals surface area contributed by atoms with Crippen LogP contribution in [-0.4, -0.2) is 53.8 Å². The zero-order valence-corrected chi connectivity index (χ0v) is 13.6. The van der Waals surface area contributed by atoms with Crippen LogP contribution in [0, 0.1) is 0 Å². The molecule has 1 fully saturated rings. The van der Waals surface area contributed by atoms with E-state index in [4.69, 9.17) is 0 Å². The van der Waals surface area contributed by atoms with Gasteiger partial charge in [-0.3, -0.25) is 14.5 Å². The van der Waals surface area contributed by atoms with Crippen molar-refractivity contribution in [2.45, 2.75) is 26.1 Å². The largest absolute Gasteiger partial charge is 0.416 e. The third kappa shape index (κ3) is 4.47. The molecule has 0 saturated carbocycles. The maximum atomic E-state index is 12.5. The number of amides is 2. The van der Waals surface area contributed by atoms with E-state index in [0.29, 0.717) is 31.9 Å². The van der Waals surface area contributed by atoms with Crippen LogP contribution in [0.4, 0.5) is 18.9 Å². The fourth-order valence-electron chi connectivity index (χ4n) is 2.58. The summed E-state index contributed by atoms with van der Waals surface area (Å²) >= 11 is 0. The fourth-order valence-corrected chi connectivity index (χ4v) is 2.58. The van der Waals surface area contributed by atoms with E-state index in [9.17, 15) is 22.8 Å². The van der Waals surface area contributed by atoms with E-state index in [1.165, 1.54) is 19.1 Å². The Hall–Kier alpha value is -2.09. The van der Waals surface area contributed by atoms with Crippen LogP contribution in [0.15, 0.2) is 24.3 Å². The monoisotopic (exact) mass is 343 g/mol. The van der Waals surface area contributed by atoms with Gasteiger partial charge in [0.25, 0.3) is 0 Å². The van der Waals surface area contributed by atoms with Gasteiger partial charge in [0.15, 0.2) is 0 Å². The molecule has 0 aromatic heterocycles. The molecular formula is C16H20F3N3O2. The van der Waals surface area contributed by atoms with E-state index in [1.54, 1.807) is 11.8 Å². The van der Waals surface area contributed by atoms with Gasteiger partial charge in [-0.2, -0.15) is 13.2 Å². The summed E-state index contributed by atoms with van der Waals surface area (Å²) in [5.41, 5.74) is -0.434. The summed E-state index contributed by atoms with van der Waals surface area (Å²) in [6.07, 6.45) is -4.40. The summed E-state index contributed by atoms with van der Waals surface area (Å²) in [5.74, 6) is -0.275. The van der Waals surface area contributed by atoms with E-state index in [2.05, 4.69) is 5.32 Å². The first-order valence-electron chi connectivity index (χ1n) is 7.66. The molecule has 0 aliphatic carbocycles. The maximum Gasteiger partial charge on any atom is 0.416 e. The van der Waals surface area contributed by atoms with Crippen molar-refractivity contribution >= 4 is 17.5 Å². The molecule has 0 bridgehead atoms. The lowest BCUT2D eigenvalue weighted by Gasteiger charge is -2.37. The average molecular weight is 343 g/mol. The van der Waals surface area contributed by atoms with Gasteiger partial charge >= 0.3 is 6.18 Å². The third-order valence-electron chi connectivity index (χ3n) is 4.17. The molecule has 1 aliphatic rings. The summed E-state index contributed by atoms with van der Waals surface area (Å²) < 4.78 is 37.6. The Morgan fingerprint density at radius 2 is 1.62 bits per heavy atom. The number of benzene rings is 1. The van der Waals surface area contributed by atoms with E-state index in [-0.39, 0.29) is 11.8 Å². The highest BCUT2D eigenvalue weighted by atomic mass is 19.4. The number of hydrogen-bond acceptors (Lipinski definition) is 3. The molecule has 1 atom stereocenters. The Labute approximate surface area is 138 Å². The molecule has 0 radical (unpaired) electrons. The lowest BCUT2D eigenvalue weighted by atomic mass is 10.2. The minimum absolute atomic E-state index is 0.0107. The molecule has 1 aromatic carbocycles. The van der Waals surface area contributed by atoms with Crippen LogP contribution in [0.25, 0.3) is 0 Å². The first kappa shape index (κ1) is 18.3. The number of halogens is 3. The number of carbonyl (C=O) groups is 2. The Kier molecular flexibility index (Phi) is 5.48. The van der Waals surface area contributed by atoms with Crippen LogP contribution in [0.2, 0.25) is 0 Å². The molecule has 0 spiro atoms. The number of hydrogen-bond donors (Lipinski definition) is 1. The molecule has 132 valence electrons. The highest BCUT2D eigenvalue weighted by Gasteiger charge is 2.30. The summed E-state index contributed by atoms with van der Waals surface area (Å²) in [6, 6.07) is 3.92. The number of rotatable bonds is 3. The number of piperazine rings is 1. The minimum Gasteiger partial charge on any atom is -0.340 e. The van der Waals surface area contributed by atoms with E-state index < -0.39 is 17.8 Å². The van der Waals surface area contributed by atoms with Gasteiger partial charge in [0.1, 0.15) is 0 Å². The van der Waals surface area contributed by atoms with Crippen LogP contribution in [0.5, 0.6) is 0 Å². The second kappa shape index (κ2) is 7.21. The van der Waals surface area contributed by atoms with Gasteiger partial charge in [-0.1, -0.05) is 0 Å². The average Bonchev–Trinajstić information content (AvgIpc) is 2.54. The topological polar surface area (TPSA) is 52.7 Å². The van der Waals surface area contributed by atoms with Crippen molar-refractivity contribution in [1.29, 1.82) is 0 Å². The SMILES string of the molecule is CC(=O)N1CCN(C(C)C(=O)Nc2ccc(C(F)(F)F)cc2)CC1. The van der Waals surface area contributed by atoms with Crippen molar-refractivity contribution in [3.63, 3.8) is 0 Å². The molecule has 1 aromatic rings. The highest BCUT2D eigenvalue weighted by Crippen LogP contribution is 2.29. The Balaban J connectivity index is 1.91. The smallest absolute Gasteiger partial charge is 0.340 e. The number of carbonyl (C=O) groups excluding carboxylic acids is 2. The van der Waals surface area contributed by atoms with Crippen LogP contribution in [0.1, 0.15) is 19.4 Å². The minimum atomic E-state index is -4.40. The van der Waals surface area contributed by atoms with Gasteiger partial charge in [-0.25, -0.2) is 0 Å². The predicted molar refractivity (Wildman–Crippen MR) is 83.4 cm³/mol. The van der Waals surface area contributed by atoms with Crippen molar-refractivity contribution in [1.82, 2.24) is 9.80 Å². The summed E-state index contributed by atoms with van der Waals surface area (Å²) in [5, 5.41) is 2.62. The molecular weight excluding hydrogens is 323 g/mol. The van der Waals surface area contributed by atoms with E-state index >= 15 is 0 Å². The zero-order valence-electron chi connectivity index (χ0n) is 13.6. The van der Waals surface area contributed by atoms with Crippen LogP contribution < -0.4 is 5.32 Å². The predicted octanol–water partition coefficient (Wildman–Crippen LogP) is 2.20. The van der Waals surface area contributed by atoms with Crippen LogP contribution in [-0.2, 0) is 15.8 Å². The number of nitrogens with one attached hydrogen (secondary N) is 1. The normalized spacial score (nSPS) is 17.5. The number of alkyl halides is 3. The summed E-state index contributed by atoms with van der Waals surface area (Å²) in [6.45, 7) is 5.54. The number of anilines is 1. The standard InChI is InChI=1S/C16H20F3N3O2/c1-11(21-7-9-22(10-8-21)12(2)23)15(24)20-14-5-3-13(4-6-14)16(17,18)19/h3-6,11H,7-10H2,1-2H3,(H,20,24). The Morgan fingerprint density at radius 1 is 1.08 bits per heavy atom. The van der Waals surface area contributed by atoms with Gasteiger partial charge in [0, 0.05) is 38.8 Å². The Morgan fingerprint density at radius 3 is 2.08 bits per heavy atom. The third-order valence-corrected chi connectivity index (χ3v) is 4.17. The molecule has 8 heteroatoms. The summed E-state index contributed by atoms with van der Waals surface area (Å²) in [7, 11) is 0. The molecule has 2 amide bonds. The van der Waals surface area contributed by atoms with Crippen LogP contribution >= 0.6 is 0 Å². The van der Waals surface area contributed by atoms with Gasteiger partial charge in [0.2, 0.25) is 11.8 Å². The molecule has 1 aliphatic heterocycles. The van der Waals surface area contributed by atoms with Gasteiger partial charge in [-0.05, 0) is 31.2 Å².